The summed E-state index contributed by atoms with van der Waals surface area (Å²) in [5.41, 5.74) is 0. The van der Waals surface area contributed by atoms with Gasteiger partial charge in [0.05, 0.1) is 18.9 Å². The van der Waals surface area contributed by atoms with Gasteiger partial charge in [-0.2, -0.15) is 0 Å². The molecule has 0 saturated heterocycles. The summed E-state index contributed by atoms with van der Waals surface area (Å²) in [4.78, 5) is 4.37. The van der Waals surface area contributed by atoms with E-state index in [9.17, 15) is 0 Å². The highest BCUT2D eigenvalue weighted by Crippen LogP contribution is 2.20. The highest BCUT2D eigenvalue weighted by Gasteiger charge is 2.12. The lowest BCUT2D eigenvalue weighted by molar-refractivity contribution is 0.501. The molecule has 4 heteroatoms. The number of rotatable bonds is 3. The van der Waals surface area contributed by atoms with Crippen LogP contribution in [0.15, 0.2) is 33.6 Å². The maximum absolute atomic E-state index is 5.31. The van der Waals surface area contributed by atoms with Crippen LogP contribution >= 0.6 is 15.9 Å². The first-order valence-electron chi connectivity index (χ1n) is 4.92. The topological polar surface area (TPSA) is 31.0 Å². The maximum atomic E-state index is 5.31. The Balaban J connectivity index is 2.29. The summed E-state index contributed by atoms with van der Waals surface area (Å²) in [6, 6.07) is 4.26. The van der Waals surface area contributed by atoms with E-state index in [1.165, 1.54) is 0 Å². The Morgan fingerprint density at radius 3 is 2.93 bits per heavy atom. The molecule has 0 N–H and O–H groups in total. The van der Waals surface area contributed by atoms with Gasteiger partial charge < -0.3 is 8.98 Å². The smallest absolute Gasteiger partial charge is 0.117 e. The van der Waals surface area contributed by atoms with E-state index in [4.69, 9.17) is 4.42 Å². The second-order valence-corrected chi connectivity index (χ2v) is 4.53. The highest BCUT2D eigenvalue weighted by atomic mass is 79.9. The number of hydrogen-bond acceptors (Lipinski definition) is 2. The van der Waals surface area contributed by atoms with Crippen molar-refractivity contribution in [1.82, 2.24) is 9.55 Å². The molecule has 0 saturated carbocycles. The van der Waals surface area contributed by atoms with Crippen LogP contribution in [0.25, 0.3) is 0 Å². The molecule has 0 aliphatic heterocycles. The molecule has 0 fully saturated rings. The summed E-state index contributed by atoms with van der Waals surface area (Å²) < 4.78 is 8.48. The van der Waals surface area contributed by atoms with E-state index >= 15 is 0 Å². The van der Waals surface area contributed by atoms with Crippen LogP contribution in [0.4, 0.5) is 0 Å². The average molecular weight is 269 g/mol. The fraction of sp³-hybridized carbons (Fsp3) is 0.364. The second-order valence-electron chi connectivity index (χ2n) is 3.72. The molecule has 0 spiro atoms. The Morgan fingerprint density at radius 2 is 2.33 bits per heavy atom. The Morgan fingerprint density at radius 1 is 1.53 bits per heavy atom. The first kappa shape index (κ1) is 10.5. The minimum absolute atomic E-state index is 0.395. The zero-order valence-electron chi connectivity index (χ0n) is 8.77. The molecule has 2 heterocycles. The van der Waals surface area contributed by atoms with Crippen LogP contribution in [0.2, 0.25) is 0 Å². The first-order valence-corrected chi connectivity index (χ1v) is 5.71. The van der Waals surface area contributed by atoms with Crippen LogP contribution in [-0.4, -0.2) is 9.55 Å². The third-order valence-corrected chi connectivity index (χ3v) is 2.84. The zero-order valence-corrected chi connectivity index (χ0v) is 10.4. The van der Waals surface area contributed by atoms with Crippen LogP contribution < -0.4 is 0 Å². The van der Waals surface area contributed by atoms with Gasteiger partial charge in [0, 0.05) is 6.04 Å². The molecule has 0 radical (unpaired) electrons. The van der Waals surface area contributed by atoms with Crippen molar-refractivity contribution in [2.24, 2.45) is 0 Å². The van der Waals surface area contributed by atoms with Gasteiger partial charge in [-0.15, -0.1) is 0 Å². The molecule has 80 valence electrons. The van der Waals surface area contributed by atoms with Crippen molar-refractivity contribution in [2.45, 2.75) is 26.3 Å². The van der Waals surface area contributed by atoms with Gasteiger partial charge in [0.1, 0.15) is 16.2 Å². The summed E-state index contributed by atoms with van der Waals surface area (Å²) in [5, 5.41) is 0. The van der Waals surface area contributed by atoms with Crippen molar-refractivity contribution < 1.29 is 4.42 Å². The van der Waals surface area contributed by atoms with Gasteiger partial charge in [0.15, 0.2) is 0 Å². The molecular formula is C11H13BrN2O. The van der Waals surface area contributed by atoms with Crippen LogP contribution in [0, 0.1) is 0 Å². The minimum atomic E-state index is 0.395. The molecule has 0 aliphatic carbocycles. The SMILES string of the molecule is CC(C)n1c(Br)cnc1Cc1ccco1. The number of furan rings is 1. The van der Waals surface area contributed by atoms with E-state index in [0.717, 1.165) is 22.6 Å². The number of imidazole rings is 1. The summed E-state index contributed by atoms with van der Waals surface area (Å²) in [5.74, 6) is 1.96. The standard InChI is InChI=1S/C11H13BrN2O/c1-8(2)14-10(12)7-13-11(14)6-9-4-3-5-15-9/h3-5,7-8H,6H2,1-2H3. The van der Waals surface area contributed by atoms with Crippen molar-refractivity contribution >= 4 is 15.9 Å². The van der Waals surface area contributed by atoms with Crippen molar-refractivity contribution in [2.75, 3.05) is 0 Å². The molecule has 0 unspecified atom stereocenters. The number of nitrogens with zero attached hydrogens (tertiary/aromatic N) is 2. The predicted octanol–water partition coefficient (Wildman–Crippen LogP) is 3.41. The van der Waals surface area contributed by atoms with Crippen LogP contribution in [0.1, 0.15) is 31.5 Å². The van der Waals surface area contributed by atoms with Crippen LogP contribution in [0.5, 0.6) is 0 Å². The highest BCUT2D eigenvalue weighted by molar-refractivity contribution is 9.10. The van der Waals surface area contributed by atoms with E-state index in [2.05, 4.69) is 39.3 Å². The normalized spacial score (nSPS) is 11.2. The molecule has 0 aromatic carbocycles. The lowest BCUT2D eigenvalue weighted by Gasteiger charge is -2.12. The zero-order chi connectivity index (χ0) is 10.8. The molecule has 3 nitrogen and oxygen atoms in total. The fourth-order valence-electron chi connectivity index (χ4n) is 1.62. The maximum Gasteiger partial charge on any atom is 0.117 e. The van der Waals surface area contributed by atoms with Crippen molar-refractivity contribution in [3.05, 3.63) is 40.8 Å². The fourth-order valence-corrected chi connectivity index (χ4v) is 2.34. The quantitative estimate of drug-likeness (QED) is 0.854. The van der Waals surface area contributed by atoms with Crippen molar-refractivity contribution in [1.29, 1.82) is 0 Å². The minimum Gasteiger partial charge on any atom is -0.469 e. The summed E-state index contributed by atoms with van der Waals surface area (Å²) in [6.07, 6.45) is 4.25. The number of aromatic nitrogens is 2. The van der Waals surface area contributed by atoms with E-state index in [1.54, 1.807) is 6.26 Å². The Labute approximate surface area is 97.2 Å². The van der Waals surface area contributed by atoms with Crippen molar-refractivity contribution in [3.8, 4) is 0 Å². The predicted molar refractivity (Wildman–Crippen MR) is 61.8 cm³/mol. The lowest BCUT2D eigenvalue weighted by Crippen LogP contribution is -2.07. The van der Waals surface area contributed by atoms with Crippen LogP contribution in [0.3, 0.4) is 0 Å². The second kappa shape index (κ2) is 4.23. The van der Waals surface area contributed by atoms with E-state index in [-0.39, 0.29) is 0 Å². The Hall–Kier alpha value is -1.03. The van der Waals surface area contributed by atoms with Gasteiger partial charge in [-0.05, 0) is 41.9 Å². The molecular weight excluding hydrogens is 256 g/mol. The lowest BCUT2D eigenvalue weighted by atomic mass is 10.3. The summed E-state index contributed by atoms with van der Waals surface area (Å²) >= 11 is 3.49. The van der Waals surface area contributed by atoms with Gasteiger partial charge in [0.2, 0.25) is 0 Å². The molecule has 0 bridgehead atoms. The van der Waals surface area contributed by atoms with E-state index in [0.29, 0.717) is 6.04 Å². The van der Waals surface area contributed by atoms with Gasteiger partial charge >= 0.3 is 0 Å². The summed E-state index contributed by atoms with van der Waals surface area (Å²) in [7, 11) is 0. The molecule has 0 atom stereocenters. The monoisotopic (exact) mass is 268 g/mol. The molecule has 2 aromatic heterocycles. The number of hydrogen-bond donors (Lipinski definition) is 0. The number of halogens is 1. The van der Waals surface area contributed by atoms with Crippen molar-refractivity contribution in [3.63, 3.8) is 0 Å². The van der Waals surface area contributed by atoms with Gasteiger partial charge in [-0.1, -0.05) is 0 Å². The third-order valence-electron chi connectivity index (χ3n) is 2.26. The van der Waals surface area contributed by atoms with Gasteiger partial charge in [0.25, 0.3) is 0 Å². The average Bonchev–Trinajstić information content (AvgIpc) is 2.76. The Kier molecular flexibility index (Phi) is 2.95. The Bertz CT molecular complexity index is 431. The van der Waals surface area contributed by atoms with E-state index in [1.807, 2.05) is 18.3 Å². The van der Waals surface area contributed by atoms with E-state index < -0.39 is 0 Å². The summed E-state index contributed by atoms with van der Waals surface area (Å²) in [6.45, 7) is 4.27. The molecule has 0 aliphatic rings. The van der Waals surface area contributed by atoms with Gasteiger partial charge in [-0.25, -0.2) is 4.98 Å². The molecule has 2 aromatic rings. The molecule has 2 rings (SSSR count). The largest absolute Gasteiger partial charge is 0.469 e. The third kappa shape index (κ3) is 2.15. The molecule has 15 heavy (non-hydrogen) atoms. The molecule has 0 amide bonds. The van der Waals surface area contributed by atoms with Crippen LogP contribution in [-0.2, 0) is 6.42 Å². The first-order chi connectivity index (χ1) is 7.18. The van der Waals surface area contributed by atoms with Gasteiger partial charge in [-0.3, -0.25) is 0 Å².